The van der Waals surface area contributed by atoms with Crippen LogP contribution < -0.4 is 0 Å². The predicted molar refractivity (Wildman–Crippen MR) is 354 cm³/mol. The van der Waals surface area contributed by atoms with Crippen LogP contribution in [0, 0.1) is 23.7 Å². The number of carbonyl (C=O) groups excluding carboxylic acids is 4. The van der Waals surface area contributed by atoms with Gasteiger partial charge in [0.15, 0.2) is 12.2 Å². The Bertz CT molecular complexity index is 1750. The van der Waals surface area contributed by atoms with Gasteiger partial charge in [0.2, 0.25) is 0 Å². The van der Waals surface area contributed by atoms with Gasteiger partial charge < -0.3 is 33.8 Å². The minimum Gasteiger partial charge on any atom is -0.462 e. The molecule has 0 rings (SSSR count). The van der Waals surface area contributed by atoms with Crippen LogP contribution in [0.4, 0.5) is 0 Å². The molecule has 3 N–H and O–H groups in total. The summed E-state index contributed by atoms with van der Waals surface area (Å²) in [5.41, 5.74) is 0. The van der Waals surface area contributed by atoms with Crippen molar-refractivity contribution in [2.45, 2.75) is 356 Å². The van der Waals surface area contributed by atoms with Gasteiger partial charge in [0.05, 0.1) is 26.4 Å². The summed E-state index contributed by atoms with van der Waals surface area (Å²) in [5.74, 6) is 0.913. The smallest absolute Gasteiger partial charge is 0.462 e. The van der Waals surface area contributed by atoms with Crippen molar-refractivity contribution in [3.63, 3.8) is 0 Å². The number of esters is 4. The van der Waals surface area contributed by atoms with Gasteiger partial charge in [-0.25, -0.2) is 9.13 Å². The molecule has 0 spiro atoms. The number of aliphatic hydroxyl groups is 1. The third kappa shape index (κ3) is 59.1. The molecule has 0 amide bonds. The van der Waals surface area contributed by atoms with Crippen molar-refractivity contribution >= 4 is 39.5 Å². The Morgan fingerprint density at radius 1 is 0.318 bits per heavy atom. The fraction of sp³-hybridized carbons (Fsp3) is 0.942. The zero-order chi connectivity index (χ0) is 65.4. The van der Waals surface area contributed by atoms with E-state index >= 15 is 0 Å². The van der Waals surface area contributed by atoms with Gasteiger partial charge in [0, 0.05) is 25.7 Å². The standard InChI is InChI=1S/C69H134O17P2/c1-9-60(6)46-38-30-22-16-12-13-17-24-33-41-49-66(71)79-55-64(85-68(73)51-43-35-25-18-14-15-21-29-37-45-59(4)5)57-83-87(75,76)81-53-63(70)54-82-88(77,78)84-58-65(56-80-67(72)50-42-34-28-27-32-40-48-62(8)11-3)86-69(74)52-44-36-26-20-19-23-31-39-47-61(7)10-2/h59-65,70H,9-58H2,1-8H3,(H,75,76)(H,77,78)/t60?,61?,62?,63-,64-,65-/m1/s1. The summed E-state index contributed by atoms with van der Waals surface area (Å²) in [5, 5.41) is 10.6. The Labute approximate surface area is 537 Å². The third-order valence-corrected chi connectivity index (χ3v) is 18.8. The summed E-state index contributed by atoms with van der Waals surface area (Å²) in [6.45, 7) is 14.1. The summed E-state index contributed by atoms with van der Waals surface area (Å²) < 4.78 is 68.2. The number of phosphoric acid groups is 2. The molecule has 0 fully saturated rings. The second-order valence-corrected chi connectivity index (χ2v) is 29.0. The molecule has 0 aliphatic heterocycles. The molecule has 88 heavy (non-hydrogen) atoms. The Hall–Kier alpha value is -1.94. The first-order valence-electron chi connectivity index (χ1n) is 35.8. The highest BCUT2D eigenvalue weighted by Gasteiger charge is 2.30. The quantitative estimate of drug-likeness (QED) is 0.0222. The molecule has 522 valence electrons. The first-order chi connectivity index (χ1) is 42.2. The lowest BCUT2D eigenvalue weighted by Gasteiger charge is -2.21. The molecule has 17 nitrogen and oxygen atoms in total. The van der Waals surface area contributed by atoms with Gasteiger partial charge in [-0.1, -0.05) is 287 Å². The van der Waals surface area contributed by atoms with Gasteiger partial charge in [-0.05, 0) is 49.4 Å². The summed E-state index contributed by atoms with van der Waals surface area (Å²) in [7, 11) is -9.90. The molecular formula is C69H134O17P2. The molecule has 5 unspecified atom stereocenters. The van der Waals surface area contributed by atoms with Crippen LogP contribution in [0.3, 0.4) is 0 Å². The number of carbonyl (C=O) groups is 4. The van der Waals surface area contributed by atoms with E-state index in [2.05, 4.69) is 55.4 Å². The molecule has 0 aromatic rings. The maximum absolute atomic E-state index is 13.0. The molecule has 0 aromatic carbocycles. The van der Waals surface area contributed by atoms with E-state index in [4.69, 9.17) is 37.0 Å². The average molecular weight is 1300 g/mol. The Kier molecular flexibility index (Phi) is 57.6. The fourth-order valence-corrected chi connectivity index (χ4v) is 11.8. The van der Waals surface area contributed by atoms with E-state index in [0.29, 0.717) is 25.7 Å². The number of aliphatic hydroxyl groups excluding tert-OH is 1. The van der Waals surface area contributed by atoms with E-state index in [9.17, 15) is 43.2 Å². The Balaban J connectivity index is 5.27. The van der Waals surface area contributed by atoms with Gasteiger partial charge in [-0.3, -0.25) is 37.3 Å². The van der Waals surface area contributed by atoms with Gasteiger partial charge >= 0.3 is 39.5 Å². The SMILES string of the molecule is CCC(C)CCCCCCCCCCCCC(=O)OC[C@H](COP(=O)(O)OC[C@@H](O)COP(=O)(O)OC[C@@H](COC(=O)CCCCCCCCC(C)CC)OC(=O)CCCCCCCCCCC(C)CC)OC(=O)CCCCCCCCCCCC(C)C. The molecule has 0 aliphatic carbocycles. The number of unbranched alkanes of at least 4 members (excludes halogenated alkanes) is 29. The van der Waals surface area contributed by atoms with Crippen LogP contribution in [-0.2, 0) is 65.4 Å². The molecule has 0 aromatic heterocycles. The van der Waals surface area contributed by atoms with Crippen molar-refractivity contribution in [2.24, 2.45) is 23.7 Å². The van der Waals surface area contributed by atoms with Crippen molar-refractivity contribution in [2.75, 3.05) is 39.6 Å². The maximum atomic E-state index is 13.0. The maximum Gasteiger partial charge on any atom is 0.472 e. The molecule has 0 aliphatic rings. The van der Waals surface area contributed by atoms with Crippen molar-refractivity contribution in [1.29, 1.82) is 0 Å². The minimum absolute atomic E-state index is 0.103. The molecule has 0 radical (unpaired) electrons. The van der Waals surface area contributed by atoms with E-state index in [1.54, 1.807) is 0 Å². The van der Waals surface area contributed by atoms with Crippen LogP contribution in [0.2, 0.25) is 0 Å². The zero-order valence-corrected chi connectivity index (χ0v) is 59.1. The minimum atomic E-state index is -4.95. The normalized spacial score (nSPS) is 15.2. The highest BCUT2D eigenvalue weighted by atomic mass is 31.2. The van der Waals surface area contributed by atoms with Gasteiger partial charge in [-0.2, -0.15) is 0 Å². The highest BCUT2D eigenvalue weighted by Crippen LogP contribution is 2.45. The van der Waals surface area contributed by atoms with Gasteiger partial charge in [-0.15, -0.1) is 0 Å². The lowest BCUT2D eigenvalue weighted by molar-refractivity contribution is -0.161. The van der Waals surface area contributed by atoms with Crippen LogP contribution >= 0.6 is 15.6 Å². The first kappa shape index (κ1) is 86.1. The van der Waals surface area contributed by atoms with Crippen LogP contribution in [0.25, 0.3) is 0 Å². The lowest BCUT2D eigenvalue weighted by atomic mass is 9.99. The molecule has 19 heteroatoms. The van der Waals surface area contributed by atoms with Crippen LogP contribution in [0.5, 0.6) is 0 Å². The summed E-state index contributed by atoms with van der Waals surface area (Å²) in [6.07, 6.45) is 40.2. The van der Waals surface area contributed by atoms with Crippen molar-refractivity contribution < 1.29 is 80.2 Å². The van der Waals surface area contributed by atoms with Crippen LogP contribution in [0.15, 0.2) is 0 Å². The number of hydrogen-bond acceptors (Lipinski definition) is 15. The summed E-state index contributed by atoms with van der Waals surface area (Å²) in [4.78, 5) is 72.5. The van der Waals surface area contributed by atoms with Crippen molar-refractivity contribution in [1.82, 2.24) is 0 Å². The molecule has 8 atom stereocenters. The van der Waals surface area contributed by atoms with E-state index < -0.39 is 97.5 Å². The topological polar surface area (TPSA) is 237 Å². The molecule has 0 heterocycles. The Morgan fingerprint density at radius 2 is 0.545 bits per heavy atom. The number of phosphoric ester groups is 2. The number of ether oxygens (including phenoxy) is 4. The van der Waals surface area contributed by atoms with E-state index in [1.807, 2.05) is 0 Å². The monoisotopic (exact) mass is 1300 g/mol. The highest BCUT2D eigenvalue weighted by molar-refractivity contribution is 7.47. The third-order valence-electron chi connectivity index (χ3n) is 16.9. The molecule has 0 saturated heterocycles. The predicted octanol–water partition coefficient (Wildman–Crippen LogP) is 19.3. The molecular weight excluding hydrogens is 1160 g/mol. The second kappa shape index (κ2) is 58.8. The van der Waals surface area contributed by atoms with Crippen molar-refractivity contribution in [3.8, 4) is 0 Å². The van der Waals surface area contributed by atoms with E-state index in [-0.39, 0.29) is 25.7 Å². The van der Waals surface area contributed by atoms with E-state index in [1.165, 1.54) is 135 Å². The van der Waals surface area contributed by atoms with Gasteiger partial charge in [0.25, 0.3) is 0 Å². The molecule has 0 bridgehead atoms. The van der Waals surface area contributed by atoms with E-state index in [0.717, 1.165) is 120 Å². The average Bonchev–Trinajstić information content (AvgIpc) is 3.61. The van der Waals surface area contributed by atoms with Crippen LogP contribution in [0.1, 0.15) is 338 Å². The van der Waals surface area contributed by atoms with Crippen molar-refractivity contribution in [3.05, 3.63) is 0 Å². The lowest BCUT2D eigenvalue weighted by Crippen LogP contribution is -2.30. The second-order valence-electron chi connectivity index (χ2n) is 26.1. The first-order valence-corrected chi connectivity index (χ1v) is 38.8. The van der Waals surface area contributed by atoms with Crippen LogP contribution in [-0.4, -0.2) is 96.7 Å². The molecule has 0 saturated carbocycles. The van der Waals surface area contributed by atoms with Gasteiger partial charge in [0.1, 0.15) is 19.3 Å². The number of hydrogen-bond donors (Lipinski definition) is 3. The Morgan fingerprint density at radius 3 is 0.807 bits per heavy atom. The number of rotatable bonds is 66. The summed E-state index contributed by atoms with van der Waals surface area (Å²) >= 11 is 0. The fourth-order valence-electron chi connectivity index (χ4n) is 10.2. The largest absolute Gasteiger partial charge is 0.472 e. The zero-order valence-electron chi connectivity index (χ0n) is 57.3. The summed E-state index contributed by atoms with van der Waals surface area (Å²) in [6, 6.07) is 0.